The summed E-state index contributed by atoms with van der Waals surface area (Å²) < 4.78 is 1.83. The molecule has 0 unspecified atom stereocenters. The summed E-state index contributed by atoms with van der Waals surface area (Å²) in [6.45, 7) is 4.18. The quantitative estimate of drug-likeness (QED) is 0.721. The van der Waals surface area contributed by atoms with Crippen LogP contribution < -0.4 is 0 Å². The van der Waals surface area contributed by atoms with E-state index in [-0.39, 0.29) is 0 Å². The highest BCUT2D eigenvalue weighted by Gasteiger charge is 2.04. The first-order chi connectivity index (χ1) is 6.81. The first kappa shape index (κ1) is 8.94. The molecule has 0 aliphatic carbocycles. The van der Waals surface area contributed by atoms with Crippen LogP contribution in [0.2, 0.25) is 0 Å². The van der Waals surface area contributed by atoms with Crippen molar-refractivity contribution in [2.24, 2.45) is 0 Å². The van der Waals surface area contributed by atoms with Crippen molar-refractivity contribution < 1.29 is 0 Å². The van der Waals surface area contributed by atoms with Gasteiger partial charge in [0.1, 0.15) is 0 Å². The second-order valence-corrected chi connectivity index (χ2v) is 3.24. The molecule has 14 heavy (non-hydrogen) atoms. The van der Waals surface area contributed by atoms with Crippen molar-refractivity contribution >= 4 is 0 Å². The Labute approximate surface area is 83.4 Å². The molecule has 0 atom stereocenters. The van der Waals surface area contributed by atoms with Gasteiger partial charge in [-0.2, -0.15) is 5.10 Å². The van der Waals surface area contributed by atoms with Crippen molar-refractivity contribution in [2.75, 3.05) is 0 Å². The summed E-state index contributed by atoms with van der Waals surface area (Å²) in [5.74, 6) is 0.871. The van der Waals surface area contributed by atoms with Gasteiger partial charge in [-0.15, -0.1) is 0 Å². The summed E-state index contributed by atoms with van der Waals surface area (Å²) in [6, 6.07) is 5.82. The smallest absolute Gasteiger partial charge is 0.153 e. The Bertz CT molecular complexity index is 417. The van der Waals surface area contributed by atoms with Gasteiger partial charge in [-0.05, 0) is 31.0 Å². The molecule has 0 saturated heterocycles. The van der Waals surface area contributed by atoms with Crippen LogP contribution in [0.15, 0.2) is 30.6 Å². The molecule has 0 radical (unpaired) electrons. The van der Waals surface area contributed by atoms with Crippen LogP contribution in [-0.2, 0) is 6.42 Å². The Morgan fingerprint density at radius 3 is 2.79 bits per heavy atom. The lowest BCUT2D eigenvalue weighted by molar-refractivity contribution is 0.816. The van der Waals surface area contributed by atoms with E-state index in [9.17, 15) is 0 Å². The normalized spacial score (nSPS) is 10.4. The largest absolute Gasteiger partial charge is 0.237 e. The molecule has 3 heteroatoms. The number of rotatable bonds is 2. The van der Waals surface area contributed by atoms with E-state index in [1.54, 1.807) is 6.20 Å². The zero-order valence-corrected chi connectivity index (χ0v) is 8.44. The molecule has 0 saturated carbocycles. The number of hydrogen-bond donors (Lipinski definition) is 0. The molecule has 3 nitrogen and oxygen atoms in total. The van der Waals surface area contributed by atoms with E-state index in [1.807, 2.05) is 29.1 Å². The fourth-order valence-corrected chi connectivity index (χ4v) is 1.45. The van der Waals surface area contributed by atoms with Crippen molar-refractivity contribution in [3.05, 3.63) is 41.9 Å². The van der Waals surface area contributed by atoms with Gasteiger partial charge in [-0.3, -0.25) is 0 Å². The summed E-state index contributed by atoms with van der Waals surface area (Å²) in [5.41, 5.74) is 2.36. The van der Waals surface area contributed by atoms with Crippen molar-refractivity contribution in [2.45, 2.75) is 20.3 Å². The van der Waals surface area contributed by atoms with Gasteiger partial charge >= 0.3 is 0 Å². The fraction of sp³-hybridized carbons (Fsp3) is 0.273. The highest BCUT2D eigenvalue weighted by molar-refractivity contribution is 5.25. The summed E-state index contributed by atoms with van der Waals surface area (Å²) in [4.78, 5) is 4.24. The SMILES string of the molecule is CCc1nn(-c2ccccn2)cc1C. The van der Waals surface area contributed by atoms with Crippen molar-refractivity contribution in [3.8, 4) is 5.82 Å². The molecule has 0 aliphatic rings. The maximum absolute atomic E-state index is 4.45. The maximum Gasteiger partial charge on any atom is 0.153 e. The van der Waals surface area contributed by atoms with Gasteiger partial charge in [-0.25, -0.2) is 9.67 Å². The molecule has 0 aliphatic heterocycles. The molecule has 2 aromatic rings. The summed E-state index contributed by atoms with van der Waals surface area (Å²) in [5, 5.41) is 4.45. The lowest BCUT2D eigenvalue weighted by Crippen LogP contribution is -1.97. The molecule has 0 bridgehead atoms. The van der Waals surface area contributed by atoms with Crippen molar-refractivity contribution in [3.63, 3.8) is 0 Å². The van der Waals surface area contributed by atoms with Gasteiger partial charge in [0.05, 0.1) is 5.69 Å². The second kappa shape index (κ2) is 3.62. The Balaban J connectivity index is 2.43. The highest BCUT2D eigenvalue weighted by atomic mass is 15.3. The van der Waals surface area contributed by atoms with Gasteiger partial charge in [-0.1, -0.05) is 13.0 Å². The van der Waals surface area contributed by atoms with Gasteiger partial charge in [0, 0.05) is 12.4 Å². The minimum absolute atomic E-state index is 0.871. The standard InChI is InChI=1S/C11H13N3/c1-3-10-9(2)8-14(13-10)11-6-4-5-7-12-11/h4-8H,3H2,1-2H3. The van der Waals surface area contributed by atoms with Crippen LogP contribution in [0.4, 0.5) is 0 Å². The molecule has 0 spiro atoms. The Kier molecular flexibility index (Phi) is 2.31. The molecular formula is C11H13N3. The van der Waals surface area contributed by atoms with Crippen LogP contribution in [-0.4, -0.2) is 14.8 Å². The maximum atomic E-state index is 4.45. The van der Waals surface area contributed by atoms with E-state index in [4.69, 9.17) is 0 Å². The monoisotopic (exact) mass is 187 g/mol. The Hall–Kier alpha value is -1.64. The van der Waals surface area contributed by atoms with E-state index < -0.39 is 0 Å². The average Bonchev–Trinajstić information content (AvgIpc) is 2.61. The van der Waals surface area contributed by atoms with Crippen LogP contribution in [0.25, 0.3) is 5.82 Å². The topological polar surface area (TPSA) is 30.7 Å². The predicted molar refractivity (Wildman–Crippen MR) is 55.5 cm³/mol. The molecule has 0 amide bonds. The fourth-order valence-electron chi connectivity index (χ4n) is 1.45. The van der Waals surface area contributed by atoms with E-state index >= 15 is 0 Å². The third-order valence-electron chi connectivity index (χ3n) is 2.22. The summed E-state index contributed by atoms with van der Waals surface area (Å²) in [6.07, 6.45) is 4.75. The van der Waals surface area contributed by atoms with Crippen LogP contribution in [0.3, 0.4) is 0 Å². The van der Waals surface area contributed by atoms with Gasteiger partial charge in [0.2, 0.25) is 0 Å². The Morgan fingerprint density at radius 2 is 2.21 bits per heavy atom. The van der Waals surface area contributed by atoms with E-state index in [0.717, 1.165) is 17.9 Å². The molecular weight excluding hydrogens is 174 g/mol. The van der Waals surface area contributed by atoms with Crippen LogP contribution in [0.1, 0.15) is 18.2 Å². The van der Waals surface area contributed by atoms with E-state index in [1.165, 1.54) is 5.56 Å². The van der Waals surface area contributed by atoms with Gasteiger partial charge in [0.15, 0.2) is 5.82 Å². The van der Waals surface area contributed by atoms with Crippen LogP contribution >= 0.6 is 0 Å². The molecule has 2 aromatic heterocycles. The number of hydrogen-bond acceptors (Lipinski definition) is 2. The highest BCUT2D eigenvalue weighted by Crippen LogP contribution is 2.09. The molecule has 2 rings (SSSR count). The first-order valence-corrected chi connectivity index (χ1v) is 4.78. The predicted octanol–water partition coefficient (Wildman–Crippen LogP) is 2.14. The summed E-state index contributed by atoms with van der Waals surface area (Å²) >= 11 is 0. The van der Waals surface area contributed by atoms with E-state index in [0.29, 0.717) is 0 Å². The number of aromatic nitrogens is 3. The minimum Gasteiger partial charge on any atom is -0.237 e. The van der Waals surface area contributed by atoms with Crippen LogP contribution in [0.5, 0.6) is 0 Å². The zero-order valence-electron chi connectivity index (χ0n) is 8.44. The van der Waals surface area contributed by atoms with Crippen molar-refractivity contribution in [1.82, 2.24) is 14.8 Å². The third kappa shape index (κ3) is 1.53. The molecule has 72 valence electrons. The zero-order chi connectivity index (χ0) is 9.97. The van der Waals surface area contributed by atoms with Crippen molar-refractivity contribution in [1.29, 1.82) is 0 Å². The first-order valence-electron chi connectivity index (χ1n) is 4.78. The second-order valence-electron chi connectivity index (χ2n) is 3.24. The van der Waals surface area contributed by atoms with Crippen LogP contribution in [0, 0.1) is 6.92 Å². The number of pyridine rings is 1. The lowest BCUT2D eigenvalue weighted by atomic mass is 10.2. The number of nitrogens with zero attached hydrogens (tertiary/aromatic N) is 3. The molecule has 0 aromatic carbocycles. The summed E-state index contributed by atoms with van der Waals surface area (Å²) in [7, 11) is 0. The third-order valence-corrected chi connectivity index (χ3v) is 2.22. The Morgan fingerprint density at radius 1 is 1.36 bits per heavy atom. The molecule has 2 heterocycles. The minimum atomic E-state index is 0.871. The van der Waals surface area contributed by atoms with E-state index in [2.05, 4.69) is 23.9 Å². The molecule has 0 N–H and O–H groups in total. The lowest BCUT2D eigenvalue weighted by Gasteiger charge is -1.97. The van der Waals surface area contributed by atoms with Gasteiger partial charge < -0.3 is 0 Å². The number of aryl methyl sites for hydroxylation is 2. The molecule has 0 fully saturated rings. The van der Waals surface area contributed by atoms with Gasteiger partial charge in [0.25, 0.3) is 0 Å². The average molecular weight is 187 g/mol.